The van der Waals surface area contributed by atoms with E-state index in [1.807, 2.05) is 37.3 Å². The maximum atomic E-state index is 12.8. The summed E-state index contributed by atoms with van der Waals surface area (Å²) >= 11 is 0. The zero-order chi connectivity index (χ0) is 16.9. The van der Waals surface area contributed by atoms with Crippen molar-refractivity contribution >= 4 is 0 Å². The number of hydrogen-bond donors (Lipinski definition) is 1. The van der Waals surface area contributed by atoms with Crippen molar-refractivity contribution in [2.75, 3.05) is 13.7 Å². The highest BCUT2D eigenvalue weighted by atomic mass is 19.4. The van der Waals surface area contributed by atoms with Gasteiger partial charge in [-0.1, -0.05) is 42.5 Å². The SMILES string of the molecule is COC(CN[C@H](C)c1ccccc1)c1cccc(C(F)(F)F)c1. The number of alkyl halides is 3. The summed E-state index contributed by atoms with van der Waals surface area (Å²) in [6, 6.07) is 15.2. The number of rotatable bonds is 6. The molecule has 0 aliphatic carbocycles. The molecular weight excluding hydrogens is 303 g/mol. The number of nitrogens with one attached hydrogen (secondary N) is 1. The third-order valence-electron chi connectivity index (χ3n) is 3.78. The fraction of sp³-hybridized carbons (Fsp3) is 0.333. The minimum atomic E-state index is -4.35. The van der Waals surface area contributed by atoms with Gasteiger partial charge < -0.3 is 10.1 Å². The first-order chi connectivity index (χ1) is 10.9. The van der Waals surface area contributed by atoms with Crippen LogP contribution in [-0.4, -0.2) is 13.7 Å². The standard InChI is InChI=1S/C18H20F3NO/c1-13(14-7-4-3-5-8-14)22-12-17(23-2)15-9-6-10-16(11-15)18(19,20)21/h3-11,13,17,22H,12H2,1-2H3/t13-,17?/m1/s1. The Morgan fingerprint density at radius 2 is 1.65 bits per heavy atom. The van der Waals surface area contributed by atoms with Gasteiger partial charge in [-0.2, -0.15) is 13.2 Å². The van der Waals surface area contributed by atoms with Gasteiger partial charge in [-0.15, -0.1) is 0 Å². The summed E-state index contributed by atoms with van der Waals surface area (Å²) in [6.45, 7) is 2.43. The van der Waals surface area contributed by atoms with E-state index >= 15 is 0 Å². The smallest absolute Gasteiger partial charge is 0.375 e. The molecule has 2 rings (SSSR count). The Labute approximate surface area is 134 Å². The minimum absolute atomic E-state index is 0.0830. The molecule has 2 atom stereocenters. The number of benzene rings is 2. The van der Waals surface area contributed by atoms with E-state index in [4.69, 9.17) is 4.74 Å². The van der Waals surface area contributed by atoms with Crippen molar-refractivity contribution < 1.29 is 17.9 Å². The van der Waals surface area contributed by atoms with Crippen LogP contribution in [0.25, 0.3) is 0 Å². The van der Waals surface area contributed by atoms with Gasteiger partial charge >= 0.3 is 6.18 Å². The third kappa shape index (κ3) is 4.81. The summed E-state index contributed by atoms with van der Waals surface area (Å²) in [5, 5.41) is 3.30. The third-order valence-corrected chi connectivity index (χ3v) is 3.78. The largest absolute Gasteiger partial charge is 0.416 e. The summed E-state index contributed by atoms with van der Waals surface area (Å²) < 4.78 is 43.8. The van der Waals surface area contributed by atoms with Gasteiger partial charge in [0.1, 0.15) is 0 Å². The van der Waals surface area contributed by atoms with Gasteiger partial charge in [0.05, 0.1) is 11.7 Å². The van der Waals surface area contributed by atoms with Crippen LogP contribution in [0, 0.1) is 0 Å². The van der Waals surface area contributed by atoms with Crippen molar-refractivity contribution in [3.8, 4) is 0 Å². The Bertz CT molecular complexity index is 613. The summed E-state index contributed by atoms with van der Waals surface area (Å²) in [7, 11) is 1.50. The highest BCUT2D eigenvalue weighted by Gasteiger charge is 2.31. The maximum Gasteiger partial charge on any atom is 0.416 e. The second kappa shape index (κ2) is 7.62. The molecule has 1 unspecified atom stereocenters. The number of methoxy groups -OCH3 is 1. The molecule has 0 heterocycles. The van der Waals surface area contributed by atoms with Crippen LogP contribution in [0.4, 0.5) is 13.2 Å². The number of ether oxygens (including phenoxy) is 1. The number of halogens is 3. The van der Waals surface area contributed by atoms with Gasteiger partial charge in [0.15, 0.2) is 0 Å². The molecule has 0 fully saturated rings. The summed E-state index contributed by atoms with van der Waals surface area (Å²) in [5.74, 6) is 0. The lowest BCUT2D eigenvalue weighted by Crippen LogP contribution is -2.25. The predicted octanol–water partition coefficient (Wildman–Crippen LogP) is 4.74. The molecule has 124 valence electrons. The van der Waals surface area contributed by atoms with Gasteiger partial charge in [-0.05, 0) is 30.2 Å². The first kappa shape index (κ1) is 17.5. The van der Waals surface area contributed by atoms with Gasteiger partial charge in [0.25, 0.3) is 0 Å². The molecule has 23 heavy (non-hydrogen) atoms. The average Bonchev–Trinajstić information content (AvgIpc) is 2.55. The molecule has 0 bridgehead atoms. The molecule has 0 spiro atoms. The van der Waals surface area contributed by atoms with Crippen LogP contribution in [0.5, 0.6) is 0 Å². The van der Waals surface area contributed by atoms with E-state index in [-0.39, 0.29) is 6.04 Å². The van der Waals surface area contributed by atoms with Crippen LogP contribution >= 0.6 is 0 Å². The Morgan fingerprint density at radius 3 is 2.26 bits per heavy atom. The molecule has 0 radical (unpaired) electrons. The first-order valence-electron chi connectivity index (χ1n) is 7.40. The van der Waals surface area contributed by atoms with E-state index in [1.54, 1.807) is 6.07 Å². The Hall–Kier alpha value is -1.85. The van der Waals surface area contributed by atoms with E-state index in [0.29, 0.717) is 12.1 Å². The molecule has 1 N–H and O–H groups in total. The summed E-state index contributed by atoms with van der Waals surface area (Å²) in [5.41, 5.74) is 0.967. The van der Waals surface area contributed by atoms with Crippen molar-refractivity contribution in [1.82, 2.24) is 5.32 Å². The molecule has 2 nitrogen and oxygen atoms in total. The van der Waals surface area contributed by atoms with Gasteiger partial charge in [-0.25, -0.2) is 0 Å². The van der Waals surface area contributed by atoms with Crippen molar-refractivity contribution in [3.05, 3.63) is 71.3 Å². The molecule has 0 saturated carbocycles. The van der Waals surface area contributed by atoms with Gasteiger partial charge in [0.2, 0.25) is 0 Å². The van der Waals surface area contributed by atoms with Crippen LogP contribution in [0.1, 0.15) is 35.8 Å². The highest BCUT2D eigenvalue weighted by molar-refractivity contribution is 5.27. The first-order valence-corrected chi connectivity index (χ1v) is 7.40. The van der Waals surface area contributed by atoms with Crippen molar-refractivity contribution in [2.45, 2.75) is 25.2 Å². The molecule has 0 aliphatic heterocycles. The topological polar surface area (TPSA) is 21.3 Å². The molecule has 0 aromatic heterocycles. The van der Waals surface area contributed by atoms with Crippen LogP contribution in [0.2, 0.25) is 0 Å². The predicted molar refractivity (Wildman–Crippen MR) is 84.1 cm³/mol. The normalized spacial score (nSPS) is 14.5. The van der Waals surface area contributed by atoms with Crippen LogP contribution in [0.3, 0.4) is 0 Å². The summed E-state index contributed by atoms with van der Waals surface area (Å²) in [4.78, 5) is 0. The van der Waals surface area contributed by atoms with Gasteiger partial charge in [-0.3, -0.25) is 0 Å². The second-order valence-electron chi connectivity index (χ2n) is 5.39. The van der Waals surface area contributed by atoms with E-state index < -0.39 is 17.8 Å². The average molecular weight is 323 g/mol. The Morgan fingerprint density at radius 1 is 1.00 bits per heavy atom. The lowest BCUT2D eigenvalue weighted by atomic mass is 10.0. The van der Waals surface area contributed by atoms with Gasteiger partial charge in [0, 0.05) is 19.7 Å². The van der Waals surface area contributed by atoms with Crippen LogP contribution in [0.15, 0.2) is 54.6 Å². The zero-order valence-electron chi connectivity index (χ0n) is 13.1. The maximum absolute atomic E-state index is 12.8. The second-order valence-corrected chi connectivity index (χ2v) is 5.39. The molecule has 0 aliphatic rings. The van der Waals surface area contributed by atoms with Crippen molar-refractivity contribution in [3.63, 3.8) is 0 Å². The Balaban J connectivity index is 2.06. The fourth-order valence-electron chi connectivity index (χ4n) is 2.40. The zero-order valence-corrected chi connectivity index (χ0v) is 13.1. The van der Waals surface area contributed by atoms with Crippen LogP contribution in [-0.2, 0) is 10.9 Å². The molecule has 5 heteroatoms. The van der Waals surface area contributed by atoms with E-state index in [9.17, 15) is 13.2 Å². The minimum Gasteiger partial charge on any atom is -0.375 e. The monoisotopic (exact) mass is 323 g/mol. The van der Waals surface area contributed by atoms with Crippen molar-refractivity contribution in [1.29, 1.82) is 0 Å². The summed E-state index contributed by atoms with van der Waals surface area (Å²) in [6.07, 6.45) is -4.79. The molecular formula is C18H20F3NO. The highest BCUT2D eigenvalue weighted by Crippen LogP contribution is 2.31. The van der Waals surface area contributed by atoms with Crippen LogP contribution < -0.4 is 5.32 Å². The number of hydrogen-bond acceptors (Lipinski definition) is 2. The van der Waals surface area contributed by atoms with E-state index in [0.717, 1.165) is 17.7 Å². The fourth-order valence-corrected chi connectivity index (χ4v) is 2.40. The Kier molecular flexibility index (Phi) is 5.80. The lowest BCUT2D eigenvalue weighted by Gasteiger charge is -2.21. The van der Waals surface area contributed by atoms with E-state index in [1.165, 1.54) is 13.2 Å². The molecule has 2 aromatic carbocycles. The van der Waals surface area contributed by atoms with E-state index in [2.05, 4.69) is 5.32 Å². The molecule has 0 amide bonds. The lowest BCUT2D eigenvalue weighted by molar-refractivity contribution is -0.137. The molecule has 2 aromatic rings. The molecule has 0 saturated heterocycles. The van der Waals surface area contributed by atoms with Crippen molar-refractivity contribution in [2.24, 2.45) is 0 Å². The quantitative estimate of drug-likeness (QED) is 0.829.